The fourth-order valence-corrected chi connectivity index (χ4v) is 4.25. The Hall–Kier alpha value is -1.85. The van der Waals surface area contributed by atoms with E-state index in [0.717, 1.165) is 20.2 Å². The topological polar surface area (TPSA) is 21.3 Å². The minimum absolute atomic E-state index is 0.171. The molecule has 0 aliphatic heterocycles. The first kappa shape index (κ1) is 19.9. The number of benzene rings is 3. The summed E-state index contributed by atoms with van der Waals surface area (Å²) >= 11 is 7.13. The zero-order valence-electron chi connectivity index (χ0n) is 15.2. The number of halogens is 3. The first-order valence-corrected chi connectivity index (χ1v) is 10.2. The highest BCUT2D eigenvalue weighted by Crippen LogP contribution is 2.35. The quantitative estimate of drug-likeness (QED) is 0.394. The molecular formula is C22H20Br2FNO. The molecule has 140 valence electrons. The van der Waals surface area contributed by atoms with Gasteiger partial charge < -0.3 is 10.1 Å². The van der Waals surface area contributed by atoms with Gasteiger partial charge in [-0.05, 0) is 86.7 Å². The van der Waals surface area contributed by atoms with Crippen LogP contribution in [0.25, 0.3) is 0 Å². The van der Waals surface area contributed by atoms with Crippen molar-refractivity contribution in [2.45, 2.75) is 27.0 Å². The minimum Gasteiger partial charge on any atom is -0.486 e. The van der Waals surface area contributed by atoms with Crippen molar-refractivity contribution in [1.29, 1.82) is 0 Å². The van der Waals surface area contributed by atoms with E-state index in [1.165, 1.54) is 17.2 Å². The summed E-state index contributed by atoms with van der Waals surface area (Å²) in [6, 6.07) is 17.0. The Morgan fingerprint density at radius 1 is 0.963 bits per heavy atom. The van der Waals surface area contributed by atoms with Gasteiger partial charge in [0.15, 0.2) is 0 Å². The lowest BCUT2D eigenvalue weighted by atomic mass is 10.1. The van der Waals surface area contributed by atoms with E-state index in [9.17, 15) is 4.39 Å². The Morgan fingerprint density at radius 3 is 2.37 bits per heavy atom. The summed E-state index contributed by atoms with van der Waals surface area (Å²) in [6.45, 7) is 5.03. The number of aryl methyl sites for hydroxylation is 2. The molecule has 0 bridgehead atoms. The van der Waals surface area contributed by atoms with Crippen molar-refractivity contribution >= 4 is 37.5 Å². The summed E-state index contributed by atoms with van der Waals surface area (Å²) in [6.07, 6.45) is 0. The van der Waals surface area contributed by atoms with Gasteiger partial charge in [-0.25, -0.2) is 4.39 Å². The summed E-state index contributed by atoms with van der Waals surface area (Å²) in [5.74, 6) is 0.396. The molecule has 3 rings (SSSR count). The van der Waals surface area contributed by atoms with E-state index >= 15 is 0 Å². The Balaban J connectivity index is 1.71. The minimum atomic E-state index is -0.265. The predicted octanol–water partition coefficient (Wildman–Crippen LogP) is 7.16. The molecule has 0 unspecified atom stereocenters. The van der Waals surface area contributed by atoms with Crippen LogP contribution < -0.4 is 10.1 Å². The molecule has 0 spiro atoms. The summed E-state index contributed by atoms with van der Waals surface area (Å²) in [5, 5.41) is 3.48. The Labute approximate surface area is 176 Å². The smallest absolute Gasteiger partial charge is 0.148 e. The van der Waals surface area contributed by atoms with Crippen molar-refractivity contribution in [3.8, 4) is 5.75 Å². The summed E-state index contributed by atoms with van der Waals surface area (Å²) in [4.78, 5) is 0. The molecule has 0 aliphatic carbocycles. The summed E-state index contributed by atoms with van der Waals surface area (Å²) in [7, 11) is 0. The van der Waals surface area contributed by atoms with Gasteiger partial charge in [0.2, 0.25) is 0 Å². The maximum atomic E-state index is 13.8. The number of nitrogens with one attached hydrogen (secondary N) is 1. The third-order valence-electron chi connectivity index (χ3n) is 4.26. The number of anilines is 1. The zero-order chi connectivity index (χ0) is 19.4. The lowest BCUT2D eigenvalue weighted by Gasteiger charge is -2.14. The third kappa shape index (κ3) is 5.11. The van der Waals surface area contributed by atoms with Crippen LogP contribution in [-0.4, -0.2) is 0 Å². The van der Waals surface area contributed by atoms with Gasteiger partial charge in [-0.2, -0.15) is 0 Å². The number of hydrogen-bond acceptors (Lipinski definition) is 2. The van der Waals surface area contributed by atoms with Crippen LogP contribution in [0.1, 0.15) is 22.3 Å². The van der Waals surface area contributed by atoms with Crippen LogP contribution in [0.3, 0.4) is 0 Å². The van der Waals surface area contributed by atoms with Crippen molar-refractivity contribution in [2.75, 3.05) is 5.32 Å². The van der Waals surface area contributed by atoms with Crippen molar-refractivity contribution in [3.05, 3.63) is 91.6 Å². The standard InChI is InChI=1S/C22H20Br2FNO/c1-14-7-8-15(2)21(9-14)26-12-16-10-18(23)22(19(24)11-16)27-13-17-5-3-4-6-20(17)25/h3-11,26H,12-13H2,1-2H3. The van der Waals surface area contributed by atoms with Gasteiger partial charge in [-0.15, -0.1) is 0 Å². The van der Waals surface area contributed by atoms with Crippen LogP contribution in [-0.2, 0) is 13.2 Å². The molecule has 0 amide bonds. The van der Waals surface area contributed by atoms with Crippen LogP contribution in [0.15, 0.2) is 63.5 Å². The first-order chi connectivity index (χ1) is 12.9. The zero-order valence-corrected chi connectivity index (χ0v) is 18.3. The molecule has 2 nitrogen and oxygen atoms in total. The highest BCUT2D eigenvalue weighted by Gasteiger charge is 2.11. The third-order valence-corrected chi connectivity index (χ3v) is 5.44. The van der Waals surface area contributed by atoms with Gasteiger partial charge in [-0.1, -0.05) is 30.3 Å². The molecule has 0 aliphatic rings. The SMILES string of the molecule is Cc1ccc(C)c(NCc2cc(Br)c(OCc3ccccc3F)c(Br)c2)c1. The number of ether oxygens (including phenoxy) is 1. The van der Waals surface area contributed by atoms with E-state index in [1.807, 2.05) is 12.1 Å². The number of rotatable bonds is 6. The van der Waals surface area contributed by atoms with Crippen LogP contribution in [0.5, 0.6) is 5.75 Å². The van der Waals surface area contributed by atoms with Crippen molar-refractivity contribution in [2.24, 2.45) is 0 Å². The Morgan fingerprint density at radius 2 is 1.67 bits per heavy atom. The average molecular weight is 493 g/mol. The van der Waals surface area contributed by atoms with Gasteiger partial charge in [0, 0.05) is 17.8 Å². The van der Waals surface area contributed by atoms with Gasteiger partial charge in [0.05, 0.1) is 8.95 Å². The van der Waals surface area contributed by atoms with E-state index < -0.39 is 0 Å². The van der Waals surface area contributed by atoms with Crippen molar-refractivity contribution in [3.63, 3.8) is 0 Å². The van der Waals surface area contributed by atoms with Crippen LogP contribution in [0.2, 0.25) is 0 Å². The highest BCUT2D eigenvalue weighted by atomic mass is 79.9. The molecule has 0 fully saturated rings. The van der Waals surface area contributed by atoms with E-state index in [4.69, 9.17) is 4.74 Å². The van der Waals surface area contributed by atoms with E-state index in [2.05, 4.69) is 69.2 Å². The van der Waals surface area contributed by atoms with E-state index in [1.54, 1.807) is 18.2 Å². The second kappa shape index (κ2) is 8.89. The second-order valence-electron chi connectivity index (χ2n) is 6.44. The lowest BCUT2D eigenvalue weighted by Crippen LogP contribution is -2.03. The van der Waals surface area contributed by atoms with Crippen molar-refractivity contribution in [1.82, 2.24) is 0 Å². The maximum Gasteiger partial charge on any atom is 0.148 e. The molecule has 0 aromatic heterocycles. The fraction of sp³-hybridized carbons (Fsp3) is 0.182. The normalized spacial score (nSPS) is 10.7. The highest BCUT2D eigenvalue weighted by molar-refractivity contribution is 9.11. The first-order valence-electron chi connectivity index (χ1n) is 8.59. The van der Waals surface area contributed by atoms with Gasteiger partial charge in [0.1, 0.15) is 18.2 Å². The fourth-order valence-electron chi connectivity index (χ4n) is 2.74. The molecule has 0 saturated heterocycles. The molecule has 0 atom stereocenters. The molecule has 3 aromatic rings. The molecule has 3 aromatic carbocycles. The second-order valence-corrected chi connectivity index (χ2v) is 8.15. The predicted molar refractivity (Wildman–Crippen MR) is 116 cm³/mol. The number of hydrogen-bond donors (Lipinski definition) is 1. The summed E-state index contributed by atoms with van der Waals surface area (Å²) in [5.41, 5.74) is 5.19. The van der Waals surface area contributed by atoms with Crippen molar-refractivity contribution < 1.29 is 9.13 Å². The molecule has 1 N–H and O–H groups in total. The molecule has 0 heterocycles. The molecule has 0 radical (unpaired) electrons. The largest absolute Gasteiger partial charge is 0.486 e. The maximum absolute atomic E-state index is 13.8. The molecule has 0 saturated carbocycles. The monoisotopic (exact) mass is 491 g/mol. The van der Waals surface area contributed by atoms with Crippen LogP contribution >= 0.6 is 31.9 Å². The van der Waals surface area contributed by atoms with E-state index in [-0.39, 0.29) is 12.4 Å². The average Bonchev–Trinajstić information content (AvgIpc) is 2.63. The molecular weight excluding hydrogens is 473 g/mol. The van der Waals surface area contributed by atoms with Crippen LogP contribution in [0, 0.1) is 19.7 Å². The Kier molecular flexibility index (Phi) is 6.55. The Bertz CT molecular complexity index is 936. The van der Waals surface area contributed by atoms with Gasteiger partial charge in [0.25, 0.3) is 0 Å². The van der Waals surface area contributed by atoms with Gasteiger partial charge >= 0.3 is 0 Å². The van der Waals surface area contributed by atoms with Crippen LogP contribution in [0.4, 0.5) is 10.1 Å². The van der Waals surface area contributed by atoms with E-state index in [0.29, 0.717) is 17.9 Å². The molecule has 27 heavy (non-hydrogen) atoms. The van der Waals surface area contributed by atoms with Gasteiger partial charge in [-0.3, -0.25) is 0 Å². The summed E-state index contributed by atoms with van der Waals surface area (Å²) < 4.78 is 21.3. The lowest BCUT2D eigenvalue weighted by molar-refractivity contribution is 0.296. The molecule has 5 heteroatoms.